The molecule has 2 heterocycles. The third-order valence-electron chi connectivity index (χ3n) is 2.62. The number of nitrogens with zero attached hydrogens (tertiary/aromatic N) is 2. The van der Waals surface area contributed by atoms with E-state index in [9.17, 15) is 4.79 Å². The van der Waals surface area contributed by atoms with Crippen molar-refractivity contribution in [3.63, 3.8) is 0 Å². The molecule has 1 unspecified atom stereocenters. The first-order valence-corrected chi connectivity index (χ1v) is 7.29. The molecule has 0 bridgehead atoms. The van der Waals surface area contributed by atoms with Crippen LogP contribution in [-0.2, 0) is 11.2 Å². The quantitative estimate of drug-likeness (QED) is 0.825. The number of anilines is 1. The Labute approximate surface area is 121 Å². The fourth-order valence-corrected chi connectivity index (χ4v) is 2.43. The summed E-state index contributed by atoms with van der Waals surface area (Å²) in [6.45, 7) is 6.11. The van der Waals surface area contributed by atoms with Gasteiger partial charge < -0.3 is 14.5 Å². The van der Waals surface area contributed by atoms with Gasteiger partial charge in [-0.3, -0.25) is 0 Å². The van der Waals surface area contributed by atoms with E-state index in [-0.39, 0.29) is 17.8 Å². The van der Waals surface area contributed by atoms with Crippen LogP contribution >= 0.6 is 11.3 Å². The average Bonchev–Trinajstić information content (AvgIpc) is 3.07. The monoisotopic (exact) mass is 295 g/mol. The SMILES string of the molecule is CCOC(=O)c1coc(NC(C)c2ncc(CC)s2)n1. The lowest BCUT2D eigenvalue weighted by molar-refractivity contribution is 0.0519. The second kappa shape index (κ2) is 6.51. The van der Waals surface area contributed by atoms with E-state index < -0.39 is 5.97 Å². The molecule has 1 atom stereocenters. The summed E-state index contributed by atoms with van der Waals surface area (Å²) in [7, 11) is 0. The molecule has 6 nitrogen and oxygen atoms in total. The van der Waals surface area contributed by atoms with Crippen LogP contribution in [0.4, 0.5) is 6.01 Å². The number of oxazole rings is 1. The Hall–Kier alpha value is -1.89. The van der Waals surface area contributed by atoms with Gasteiger partial charge in [-0.15, -0.1) is 11.3 Å². The summed E-state index contributed by atoms with van der Waals surface area (Å²) >= 11 is 1.65. The van der Waals surface area contributed by atoms with E-state index in [1.54, 1.807) is 18.3 Å². The molecule has 0 aliphatic carbocycles. The molecule has 0 amide bonds. The van der Waals surface area contributed by atoms with E-state index in [0.29, 0.717) is 6.61 Å². The Morgan fingerprint density at radius 3 is 3.00 bits per heavy atom. The summed E-state index contributed by atoms with van der Waals surface area (Å²) in [5.41, 5.74) is 0.162. The molecule has 0 spiro atoms. The number of hydrogen-bond acceptors (Lipinski definition) is 7. The van der Waals surface area contributed by atoms with Gasteiger partial charge in [-0.25, -0.2) is 9.78 Å². The van der Waals surface area contributed by atoms with Crippen molar-refractivity contribution in [2.45, 2.75) is 33.2 Å². The third kappa shape index (κ3) is 3.36. The predicted molar refractivity (Wildman–Crippen MR) is 76.0 cm³/mol. The lowest BCUT2D eigenvalue weighted by atomic mass is 10.4. The van der Waals surface area contributed by atoms with Gasteiger partial charge in [0.15, 0.2) is 5.69 Å². The molecular weight excluding hydrogens is 278 g/mol. The standard InChI is InChI=1S/C13H17N3O3S/c1-4-9-6-14-11(20-9)8(3)15-13-16-10(7-19-13)12(17)18-5-2/h6-8H,4-5H2,1-3H3,(H,15,16). The maximum Gasteiger partial charge on any atom is 0.360 e. The van der Waals surface area contributed by atoms with Crippen molar-refractivity contribution in [2.75, 3.05) is 11.9 Å². The van der Waals surface area contributed by atoms with Gasteiger partial charge in [0.1, 0.15) is 11.3 Å². The summed E-state index contributed by atoms with van der Waals surface area (Å²) in [6.07, 6.45) is 4.13. The van der Waals surface area contributed by atoms with Gasteiger partial charge in [0, 0.05) is 11.1 Å². The molecular formula is C13H17N3O3S. The number of aryl methyl sites for hydroxylation is 1. The van der Waals surface area contributed by atoms with Crippen LogP contribution in [0.25, 0.3) is 0 Å². The number of carbonyl (C=O) groups excluding carboxylic acids is 1. The summed E-state index contributed by atoms with van der Waals surface area (Å²) in [6, 6.07) is 0.253. The smallest absolute Gasteiger partial charge is 0.360 e. The summed E-state index contributed by atoms with van der Waals surface area (Å²) < 4.78 is 10.1. The first kappa shape index (κ1) is 14.5. The van der Waals surface area contributed by atoms with Crippen molar-refractivity contribution in [1.29, 1.82) is 0 Å². The summed E-state index contributed by atoms with van der Waals surface area (Å²) in [4.78, 5) is 21.1. The number of hydrogen-bond donors (Lipinski definition) is 1. The zero-order valence-corrected chi connectivity index (χ0v) is 12.5. The third-order valence-corrected chi connectivity index (χ3v) is 3.94. The molecule has 0 aliphatic rings. The predicted octanol–water partition coefficient (Wildman–Crippen LogP) is 3.04. The Bertz CT molecular complexity index is 579. The molecule has 1 N–H and O–H groups in total. The van der Waals surface area contributed by atoms with E-state index in [4.69, 9.17) is 9.15 Å². The second-order valence-electron chi connectivity index (χ2n) is 4.14. The number of ether oxygens (including phenoxy) is 1. The van der Waals surface area contributed by atoms with Crippen molar-refractivity contribution in [3.05, 3.63) is 28.0 Å². The van der Waals surface area contributed by atoms with Gasteiger partial charge in [0.2, 0.25) is 0 Å². The molecule has 2 aromatic heterocycles. The zero-order chi connectivity index (χ0) is 14.5. The number of nitrogens with one attached hydrogen (secondary N) is 1. The minimum atomic E-state index is -0.487. The maximum atomic E-state index is 11.5. The van der Waals surface area contributed by atoms with E-state index in [1.165, 1.54) is 11.1 Å². The van der Waals surface area contributed by atoms with Crippen molar-refractivity contribution in [2.24, 2.45) is 0 Å². The molecule has 2 rings (SSSR count). The second-order valence-corrected chi connectivity index (χ2v) is 5.29. The molecule has 0 aliphatic heterocycles. The highest BCUT2D eigenvalue weighted by Gasteiger charge is 2.16. The topological polar surface area (TPSA) is 77.2 Å². The minimum Gasteiger partial charge on any atom is -0.461 e. The molecule has 7 heteroatoms. The molecule has 108 valence electrons. The highest BCUT2D eigenvalue weighted by atomic mass is 32.1. The van der Waals surface area contributed by atoms with Gasteiger partial charge in [0.25, 0.3) is 6.01 Å². The molecule has 2 aromatic rings. The fraction of sp³-hybridized carbons (Fsp3) is 0.462. The van der Waals surface area contributed by atoms with Crippen LogP contribution in [0.15, 0.2) is 16.9 Å². The van der Waals surface area contributed by atoms with Crippen LogP contribution in [0.2, 0.25) is 0 Å². The molecule has 0 radical (unpaired) electrons. The van der Waals surface area contributed by atoms with Crippen LogP contribution in [-0.4, -0.2) is 22.5 Å². The molecule has 0 fully saturated rings. The Kier molecular flexibility index (Phi) is 4.73. The van der Waals surface area contributed by atoms with Crippen LogP contribution in [0.3, 0.4) is 0 Å². The van der Waals surface area contributed by atoms with Crippen molar-refractivity contribution in [1.82, 2.24) is 9.97 Å². The van der Waals surface area contributed by atoms with E-state index >= 15 is 0 Å². The first-order chi connectivity index (χ1) is 9.63. The van der Waals surface area contributed by atoms with Gasteiger partial charge in [-0.2, -0.15) is 4.98 Å². The highest BCUT2D eigenvalue weighted by Crippen LogP contribution is 2.23. The number of rotatable bonds is 6. The number of aromatic nitrogens is 2. The van der Waals surface area contributed by atoms with Crippen LogP contribution in [0.1, 0.15) is 47.2 Å². The Balaban J connectivity index is 2.01. The zero-order valence-electron chi connectivity index (χ0n) is 11.7. The minimum absolute atomic E-state index is 0.0333. The van der Waals surface area contributed by atoms with Crippen LogP contribution in [0, 0.1) is 0 Å². The van der Waals surface area contributed by atoms with Gasteiger partial charge >= 0.3 is 5.97 Å². The van der Waals surface area contributed by atoms with E-state index in [0.717, 1.165) is 11.4 Å². The lowest BCUT2D eigenvalue weighted by Crippen LogP contribution is -2.08. The molecule has 0 saturated carbocycles. The summed E-state index contributed by atoms with van der Waals surface area (Å²) in [5.74, 6) is -0.487. The first-order valence-electron chi connectivity index (χ1n) is 6.47. The maximum absolute atomic E-state index is 11.5. The largest absolute Gasteiger partial charge is 0.461 e. The van der Waals surface area contributed by atoms with Gasteiger partial charge in [-0.05, 0) is 20.3 Å². The molecule has 20 heavy (non-hydrogen) atoms. The molecule has 0 saturated heterocycles. The van der Waals surface area contributed by atoms with E-state index in [1.807, 2.05) is 13.1 Å². The van der Waals surface area contributed by atoms with Crippen molar-refractivity contribution >= 4 is 23.3 Å². The van der Waals surface area contributed by atoms with E-state index in [2.05, 4.69) is 22.2 Å². The summed E-state index contributed by atoms with van der Waals surface area (Å²) in [5, 5.41) is 4.03. The van der Waals surface area contributed by atoms with Crippen molar-refractivity contribution < 1.29 is 13.9 Å². The van der Waals surface area contributed by atoms with Crippen LogP contribution in [0.5, 0.6) is 0 Å². The molecule has 0 aromatic carbocycles. The number of carbonyl (C=O) groups is 1. The average molecular weight is 295 g/mol. The number of thiazole rings is 1. The number of esters is 1. The van der Waals surface area contributed by atoms with Crippen LogP contribution < -0.4 is 5.32 Å². The highest BCUT2D eigenvalue weighted by molar-refractivity contribution is 7.11. The normalized spacial score (nSPS) is 12.2. The van der Waals surface area contributed by atoms with Gasteiger partial charge in [-0.1, -0.05) is 6.92 Å². The fourth-order valence-electron chi connectivity index (χ4n) is 1.57. The lowest BCUT2D eigenvalue weighted by Gasteiger charge is -2.07. The Morgan fingerprint density at radius 2 is 2.35 bits per heavy atom. The Morgan fingerprint density at radius 1 is 1.55 bits per heavy atom. The van der Waals surface area contributed by atoms with Gasteiger partial charge in [0.05, 0.1) is 12.6 Å². The van der Waals surface area contributed by atoms with Crippen molar-refractivity contribution in [3.8, 4) is 0 Å².